The molecular weight excluding hydrogens is 244 g/mol. The summed E-state index contributed by atoms with van der Waals surface area (Å²) in [6.07, 6.45) is 9.94. The Morgan fingerprint density at radius 3 is 2.57 bits per heavy atom. The van der Waals surface area contributed by atoms with Gasteiger partial charge in [-0.1, -0.05) is 28.1 Å². The Kier molecular flexibility index (Phi) is 10.5. The molecule has 0 radical (unpaired) electrons. The lowest BCUT2D eigenvalue weighted by atomic mass is 10.2. The van der Waals surface area contributed by atoms with Crippen molar-refractivity contribution >= 4 is 21.9 Å². The van der Waals surface area contributed by atoms with Gasteiger partial charge in [0.1, 0.15) is 0 Å². The highest BCUT2D eigenvalue weighted by molar-refractivity contribution is 9.09. The Morgan fingerprint density at radius 2 is 1.93 bits per heavy atom. The van der Waals surface area contributed by atoms with Gasteiger partial charge in [0.05, 0.1) is 6.61 Å². The van der Waals surface area contributed by atoms with Crippen LogP contribution in [0, 0.1) is 0 Å². The van der Waals surface area contributed by atoms with Crippen molar-refractivity contribution in [3.8, 4) is 0 Å². The molecule has 0 unspecified atom stereocenters. The Labute approximate surface area is 94.8 Å². The van der Waals surface area contributed by atoms with Gasteiger partial charge in [-0.3, -0.25) is 4.79 Å². The summed E-state index contributed by atoms with van der Waals surface area (Å²) in [6, 6.07) is 0. The molecule has 0 saturated carbocycles. The zero-order valence-corrected chi connectivity index (χ0v) is 10.4. The minimum Gasteiger partial charge on any atom is -0.466 e. The van der Waals surface area contributed by atoms with Gasteiger partial charge < -0.3 is 4.74 Å². The molecule has 82 valence electrons. The first kappa shape index (κ1) is 13.7. The standard InChI is InChI=1S/C11H19BrO2/c1-11(13)14-10-8-6-4-2-3-5-7-9-12/h3,5H,2,4,6-10H2,1H3/b5-3+. The molecule has 0 atom stereocenters. The Morgan fingerprint density at radius 1 is 1.21 bits per heavy atom. The quantitative estimate of drug-likeness (QED) is 0.290. The second-order valence-electron chi connectivity index (χ2n) is 3.14. The van der Waals surface area contributed by atoms with E-state index >= 15 is 0 Å². The number of carbonyl (C=O) groups is 1. The van der Waals surface area contributed by atoms with E-state index in [2.05, 4.69) is 28.1 Å². The molecule has 0 aromatic carbocycles. The van der Waals surface area contributed by atoms with Crippen molar-refractivity contribution in [2.24, 2.45) is 0 Å². The molecule has 0 aromatic rings. The number of halogens is 1. The maximum Gasteiger partial charge on any atom is 0.302 e. The summed E-state index contributed by atoms with van der Waals surface area (Å²) in [5.41, 5.74) is 0. The number of hydrogen-bond acceptors (Lipinski definition) is 2. The normalized spacial score (nSPS) is 10.7. The second-order valence-corrected chi connectivity index (χ2v) is 3.93. The van der Waals surface area contributed by atoms with Crippen molar-refractivity contribution in [2.45, 2.75) is 39.0 Å². The first-order valence-electron chi connectivity index (χ1n) is 5.11. The van der Waals surface area contributed by atoms with Crippen LogP contribution in [0.2, 0.25) is 0 Å². The lowest BCUT2D eigenvalue weighted by molar-refractivity contribution is -0.141. The number of esters is 1. The summed E-state index contributed by atoms with van der Waals surface area (Å²) in [4.78, 5) is 10.4. The molecule has 0 aromatic heterocycles. The molecule has 14 heavy (non-hydrogen) atoms. The summed E-state index contributed by atoms with van der Waals surface area (Å²) < 4.78 is 4.82. The maximum absolute atomic E-state index is 10.4. The zero-order valence-electron chi connectivity index (χ0n) is 8.80. The van der Waals surface area contributed by atoms with Crippen LogP contribution in [0.15, 0.2) is 12.2 Å². The van der Waals surface area contributed by atoms with Crippen molar-refractivity contribution in [2.75, 3.05) is 11.9 Å². The molecule has 0 aliphatic rings. The molecule has 0 spiro atoms. The molecule has 2 nitrogen and oxygen atoms in total. The minimum absolute atomic E-state index is 0.179. The first-order chi connectivity index (χ1) is 6.77. The van der Waals surface area contributed by atoms with Crippen LogP contribution in [0.5, 0.6) is 0 Å². The van der Waals surface area contributed by atoms with Crippen molar-refractivity contribution in [3.05, 3.63) is 12.2 Å². The third-order valence-electron chi connectivity index (χ3n) is 1.76. The number of rotatable bonds is 8. The van der Waals surface area contributed by atoms with E-state index in [1.807, 2.05) is 0 Å². The molecule has 0 fully saturated rings. The molecule has 0 amide bonds. The molecule has 0 aliphatic heterocycles. The van der Waals surface area contributed by atoms with Crippen LogP contribution < -0.4 is 0 Å². The van der Waals surface area contributed by atoms with Crippen LogP contribution in [0.25, 0.3) is 0 Å². The molecule has 0 rings (SSSR count). The number of hydrogen-bond donors (Lipinski definition) is 0. The summed E-state index contributed by atoms with van der Waals surface area (Å²) in [5, 5.41) is 1.04. The number of ether oxygens (including phenoxy) is 1. The Hall–Kier alpha value is -0.310. The van der Waals surface area contributed by atoms with Crippen LogP contribution >= 0.6 is 15.9 Å². The summed E-state index contributed by atoms with van der Waals surface area (Å²) >= 11 is 3.37. The van der Waals surface area contributed by atoms with Gasteiger partial charge >= 0.3 is 5.97 Å². The SMILES string of the molecule is CC(=O)OCCCCC/C=C/CCBr. The fourth-order valence-corrected chi connectivity index (χ4v) is 1.32. The van der Waals surface area contributed by atoms with E-state index in [1.54, 1.807) is 0 Å². The van der Waals surface area contributed by atoms with E-state index in [9.17, 15) is 4.79 Å². The molecule has 0 aliphatic carbocycles. The van der Waals surface area contributed by atoms with E-state index in [0.717, 1.165) is 31.0 Å². The zero-order chi connectivity index (χ0) is 10.6. The summed E-state index contributed by atoms with van der Waals surface area (Å²) in [7, 11) is 0. The van der Waals surface area contributed by atoms with Gasteiger partial charge in [0.15, 0.2) is 0 Å². The molecular formula is C11H19BrO2. The van der Waals surface area contributed by atoms with E-state index in [0.29, 0.717) is 6.61 Å². The highest BCUT2D eigenvalue weighted by atomic mass is 79.9. The predicted octanol–water partition coefficient (Wildman–Crippen LogP) is 3.45. The van der Waals surface area contributed by atoms with Crippen molar-refractivity contribution in [3.63, 3.8) is 0 Å². The minimum atomic E-state index is -0.179. The van der Waals surface area contributed by atoms with Gasteiger partial charge in [0, 0.05) is 12.3 Å². The maximum atomic E-state index is 10.4. The Balaban J connectivity index is 3.02. The van der Waals surface area contributed by atoms with E-state index in [-0.39, 0.29) is 5.97 Å². The van der Waals surface area contributed by atoms with Gasteiger partial charge in [0.25, 0.3) is 0 Å². The second kappa shape index (κ2) is 10.8. The number of unbranched alkanes of at least 4 members (excludes halogenated alkanes) is 3. The molecule has 3 heteroatoms. The van der Waals surface area contributed by atoms with E-state index in [4.69, 9.17) is 4.74 Å². The van der Waals surface area contributed by atoms with Gasteiger partial charge in [0.2, 0.25) is 0 Å². The van der Waals surface area contributed by atoms with E-state index in [1.165, 1.54) is 13.3 Å². The predicted molar refractivity (Wildman–Crippen MR) is 62.7 cm³/mol. The highest BCUT2D eigenvalue weighted by Crippen LogP contribution is 2.02. The van der Waals surface area contributed by atoms with Gasteiger partial charge in [-0.2, -0.15) is 0 Å². The van der Waals surface area contributed by atoms with Gasteiger partial charge in [-0.05, 0) is 32.1 Å². The smallest absolute Gasteiger partial charge is 0.302 e. The number of allylic oxidation sites excluding steroid dienone is 2. The molecule has 0 N–H and O–H groups in total. The van der Waals surface area contributed by atoms with Crippen molar-refractivity contribution in [1.82, 2.24) is 0 Å². The van der Waals surface area contributed by atoms with Crippen LogP contribution in [-0.2, 0) is 9.53 Å². The highest BCUT2D eigenvalue weighted by Gasteiger charge is 1.91. The fraction of sp³-hybridized carbons (Fsp3) is 0.727. The third-order valence-corrected chi connectivity index (χ3v) is 2.22. The lowest BCUT2D eigenvalue weighted by Gasteiger charge is -2.00. The molecule has 0 heterocycles. The fourth-order valence-electron chi connectivity index (χ4n) is 1.06. The van der Waals surface area contributed by atoms with Crippen LogP contribution in [0.3, 0.4) is 0 Å². The lowest BCUT2D eigenvalue weighted by Crippen LogP contribution is -1.99. The monoisotopic (exact) mass is 262 g/mol. The average Bonchev–Trinajstić information content (AvgIpc) is 2.15. The summed E-state index contributed by atoms with van der Waals surface area (Å²) in [6.45, 7) is 2.02. The topological polar surface area (TPSA) is 26.3 Å². The van der Waals surface area contributed by atoms with Crippen molar-refractivity contribution < 1.29 is 9.53 Å². The largest absolute Gasteiger partial charge is 0.466 e. The van der Waals surface area contributed by atoms with Gasteiger partial charge in [-0.25, -0.2) is 0 Å². The molecule has 0 saturated heterocycles. The average molecular weight is 263 g/mol. The van der Waals surface area contributed by atoms with Gasteiger partial charge in [-0.15, -0.1) is 0 Å². The molecule has 0 bridgehead atoms. The van der Waals surface area contributed by atoms with Crippen LogP contribution in [0.1, 0.15) is 39.0 Å². The first-order valence-corrected chi connectivity index (χ1v) is 6.24. The number of carbonyl (C=O) groups excluding carboxylic acids is 1. The van der Waals surface area contributed by atoms with Crippen molar-refractivity contribution in [1.29, 1.82) is 0 Å². The van der Waals surface area contributed by atoms with Crippen LogP contribution in [-0.4, -0.2) is 17.9 Å². The third kappa shape index (κ3) is 11.7. The van der Waals surface area contributed by atoms with Crippen LogP contribution in [0.4, 0.5) is 0 Å². The Bertz CT molecular complexity index is 167. The number of alkyl halides is 1. The van der Waals surface area contributed by atoms with E-state index < -0.39 is 0 Å². The summed E-state index contributed by atoms with van der Waals surface area (Å²) in [5.74, 6) is -0.179.